The van der Waals surface area contributed by atoms with Gasteiger partial charge in [0.2, 0.25) is 0 Å². The molecule has 0 spiro atoms. The number of halogens is 6. The monoisotopic (exact) mass is 1920 g/mol. The van der Waals surface area contributed by atoms with Crippen molar-refractivity contribution in [1.29, 1.82) is 0 Å². The fraction of sp³-hybridized carbons (Fsp3) is 0.320. The minimum absolute atomic E-state index is 0.0374. The van der Waals surface area contributed by atoms with Crippen LogP contribution in [-0.2, 0) is 38.9 Å². The first-order valence-corrected chi connectivity index (χ1v) is 38.1. The largest absolute Gasteiger partial charge is 0.490 e. The molecule has 3 aromatic heterocycles. The van der Waals surface area contributed by atoms with E-state index >= 15 is 0 Å². The average molecular weight is 1920 g/mol. The number of nitrogens with zero attached hydrogens (tertiary/aromatic N) is 3. The van der Waals surface area contributed by atoms with Crippen molar-refractivity contribution in [3.05, 3.63) is 216 Å². The Hall–Kier alpha value is -4.17. The normalized spacial score (nSPS) is 11.8. The van der Waals surface area contributed by atoms with E-state index in [-0.39, 0.29) is 17.3 Å². The first kappa shape index (κ1) is 71.6. The number of hydrogen-bond acceptors (Lipinski definition) is 12. The lowest BCUT2D eigenvalue weighted by Gasteiger charge is -2.23. The molecule has 10 rings (SSSR count). The lowest BCUT2D eigenvalue weighted by Crippen LogP contribution is -2.26. The van der Waals surface area contributed by atoms with Crippen molar-refractivity contribution < 1.29 is 41.8 Å². The third-order valence-corrected chi connectivity index (χ3v) is 21.2. The molecule has 12 nitrogen and oxygen atoms in total. The number of carbonyl (C=O) groups excluding carboxylic acids is 3. The van der Waals surface area contributed by atoms with Crippen molar-refractivity contribution in [2.24, 2.45) is 0 Å². The van der Waals surface area contributed by atoms with E-state index in [0.717, 1.165) is 127 Å². The summed E-state index contributed by atoms with van der Waals surface area (Å²) in [6.45, 7) is 11.9. The van der Waals surface area contributed by atoms with Crippen LogP contribution in [0.3, 0.4) is 0 Å². The lowest BCUT2D eigenvalue weighted by molar-refractivity contribution is 0.103. The quantitative estimate of drug-likeness (QED) is 0.0287. The van der Waals surface area contributed by atoms with Gasteiger partial charge in [-0.3, -0.25) is 29.1 Å². The Kier molecular flexibility index (Phi) is 26.1. The van der Waals surface area contributed by atoms with Crippen LogP contribution in [0, 0.1) is 21.4 Å². The summed E-state index contributed by atoms with van der Waals surface area (Å²) >= 11 is 13.7. The molecule has 93 heavy (non-hydrogen) atoms. The van der Waals surface area contributed by atoms with Crippen molar-refractivity contribution in [2.75, 3.05) is 60.6 Å². The molecular weight excluding hydrogens is 1850 g/mol. The van der Waals surface area contributed by atoms with Crippen molar-refractivity contribution >= 4 is 186 Å². The molecule has 3 heterocycles. The van der Waals surface area contributed by atoms with Crippen LogP contribution in [0.1, 0.15) is 141 Å². The maximum atomic E-state index is 14.3. The molecule has 7 aromatic carbocycles. The summed E-state index contributed by atoms with van der Waals surface area (Å²) in [6.07, 6.45) is 7.97. The fourth-order valence-electron chi connectivity index (χ4n) is 11.7. The molecule has 18 heteroatoms. The van der Waals surface area contributed by atoms with Crippen LogP contribution in [-0.4, -0.2) is 92.6 Å². The maximum Gasteiger partial charge on any atom is 0.197 e. The maximum absolute atomic E-state index is 14.3. The van der Waals surface area contributed by atoms with Crippen LogP contribution in [0.15, 0.2) is 141 Å². The first-order valence-electron chi connectivity index (χ1n) is 31.6. The van der Waals surface area contributed by atoms with Crippen LogP contribution < -0.4 is 14.2 Å². The minimum atomic E-state index is -0.0374. The number of aryl methyl sites for hydroxylation is 3. The van der Waals surface area contributed by atoms with Gasteiger partial charge in [-0.15, -0.1) is 0 Å². The van der Waals surface area contributed by atoms with Gasteiger partial charge < -0.3 is 27.5 Å². The highest BCUT2D eigenvalue weighted by Gasteiger charge is 2.27. The molecule has 0 saturated heterocycles. The smallest absolute Gasteiger partial charge is 0.197 e. The van der Waals surface area contributed by atoms with E-state index in [2.05, 4.69) is 210 Å². The zero-order valence-corrected chi connectivity index (χ0v) is 66.1. The zero-order chi connectivity index (χ0) is 65.9. The molecule has 486 valence electrons. The number of rotatable bonds is 33. The van der Waals surface area contributed by atoms with Gasteiger partial charge in [0.1, 0.15) is 71.1 Å². The number of benzene rings is 7. The minimum Gasteiger partial charge on any atom is -0.490 e. The van der Waals surface area contributed by atoms with Gasteiger partial charge in [-0.1, -0.05) is 113 Å². The van der Waals surface area contributed by atoms with Crippen molar-refractivity contribution in [3.8, 4) is 17.2 Å². The van der Waals surface area contributed by atoms with Crippen LogP contribution in [0.25, 0.3) is 32.9 Å². The molecule has 0 N–H and O–H groups in total. The Balaban J connectivity index is 0.803. The Morgan fingerprint density at radius 1 is 0.376 bits per heavy atom. The van der Waals surface area contributed by atoms with Crippen LogP contribution in [0.5, 0.6) is 17.2 Å². The molecule has 0 atom stereocenters. The molecule has 0 fully saturated rings. The molecule has 0 unspecified atom stereocenters. The SMILES string of the molecule is CCCCc1oc2ccccc2c1C(=O)c1cc(I)c(OCCN(C)Cc2cc(CN(C)CCOc3c(I)cc(C(=O)c4c(CCCC)oc5ccccc45)cc3I)cc(CN(C)CCOc3c(I)cc(C(=O)c4c(CCCC)oc5ccccc45)cc3I)c2)c(I)c1. The molecule has 0 aliphatic rings. The highest BCUT2D eigenvalue weighted by atomic mass is 127. The van der Waals surface area contributed by atoms with Crippen LogP contribution in [0.4, 0.5) is 0 Å². The zero-order valence-electron chi connectivity index (χ0n) is 53.1. The molecule has 0 radical (unpaired) electrons. The highest BCUT2D eigenvalue weighted by Crippen LogP contribution is 2.38. The Morgan fingerprint density at radius 2 is 0.624 bits per heavy atom. The van der Waals surface area contributed by atoms with Gasteiger partial charge in [-0.2, -0.15) is 0 Å². The van der Waals surface area contributed by atoms with E-state index in [1.165, 1.54) is 16.7 Å². The number of para-hydroxylation sites is 3. The molecule has 0 saturated carbocycles. The Morgan fingerprint density at radius 3 is 0.871 bits per heavy atom. The van der Waals surface area contributed by atoms with E-state index in [0.29, 0.717) is 112 Å². The van der Waals surface area contributed by atoms with Crippen LogP contribution in [0.2, 0.25) is 0 Å². The van der Waals surface area contributed by atoms with E-state index in [1.54, 1.807) is 0 Å². The van der Waals surface area contributed by atoms with Gasteiger partial charge in [-0.05, 0) is 247 Å². The number of unbranched alkanes of at least 4 members (excludes halogenated alkanes) is 3. The van der Waals surface area contributed by atoms with E-state index in [9.17, 15) is 14.4 Å². The van der Waals surface area contributed by atoms with E-state index in [1.807, 2.05) is 109 Å². The average Bonchev–Trinajstić information content (AvgIpc) is 1.69. The van der Waals surface area contributed by atoms with Gasteiger partial charge in [0.25, 0.3) is 0 Å². The summed E-state index contributed by atoms with van der Waals surface area (Å²) in [6, 6.07) is 41.9. The summed E-state index contributed by atoms with van der Waals surface area (Å²) in [5.74, 6) is 4.44. The van der Waals surface area contributed by atoms with Crippen molar-refractivity contribution in [1.82, 2.24) is 14.7 Å². The predicted octanol–water partition coefficient (Wildman–Crippen LogP) is 19.8. The second-order valence-electron chi connectivity index (χ2n) is 23.7. The van der Waals surface area contributed by atoms with E-state index in [4.69, 9.17) is 27.5 Å². The first-order chi connectivity index (χ1) is 44.9. The van der Waals surface area contributed by atoms with Gasteiger partial charge in [0, 0.05) is 91.4 Å². The molecule has 10 aromatic rings. The van der Waals surface area contributed by atoms with Crippen LogP contribution >= 0.6 is 136 Å². The van der Waals surface area contributed by atoms with Gasteiger partial charge >= 0.3 is 0 Å². The molecule has 0 aliphatic carbocycles. The number of ketones is 3. The topological polar surface area (TPSA) is 128 Å². The number of furan rings is 3. The van der Waals surface area contributed by atoms with Gasteiger partial charge in [0.05, 0.1) is 38.1 Å². The standard InChI is InChI=1S/C75H75I6N3O9/c1-7-10-22-64-67(52-19-13-16-25-61(52)91-64)70(85)49-37-55(76)73(56(77)38-49)88-31-28-82(4)43-46-34-47(44-83(5)29-32-89-74-57(78)39-50(40-58(74)79)71(86)68-53-20-14-17-26-62(53)92-65(68)23-11-8-2)36-48(35-46)45-84(6)30-33-90-75-59(80)41-51(42-60(75)81)72(87)69-54-21-15-18-27-63(54)93-66(69)24-12-9-3/h13-21,25-27,34-42H,7-12,22-24,28-33,43-45H2,1-6H3. The molecule has 0 bridgehead atoms. The summed E-state index contributed by atoms with van der Waals surface area (Å²) in [5.41, 5.74) is 9.58. The highest BCUT2D eigenvalue weighted by molar-refractivity contribution is 14.1. The van der Waals surface area contributed by atoms with Gasteiger partial charge in [-0.25, -0.2) is 0 Å². The number of fused-ring (bicyclic) bond motifs is 3. The fourth-order valence-corrected chi connectivity index (χ4v) is 17.9. The van der Waals surface area contributed by atoms with E-state index < -0.39 is 0 Å². The van der Waals surface area contributed by atoms with Gasteiger partial charge in [0.15, 0.2) is 17.3 Å². The summed E-state index contributed by atoms with van der Waals surface area (Å²) in [7, 11) is 6.36. The predicted molar refractivity (Wildman–Crippen MR) is 422 cm³/mol. The van der Waals surface area contributed by atoms with Crippen molar-refractivity contribution in [2.45, 2.75) is 98.2 Å². The Bertz CT molecular complexity index is 3810. The summed E-state index contributed by atoms with van der Waals surface area (Å²) < 4.78 is 43.6. The number of hydrogen-bond donors (Lipinski definition) is 0. The number of carbonyl (C=O) groups is 3. The molecule has 0 aliphatic heterocycles. The second-order valence-corrected chi connectivity index (χ2v) is 30.7. The lowest BCUT2D eigenvalue weighted by atomic mass is 9.98. The third-order valence-electron chi connectivity index (χ3n) is 16.4. The van der Waals surface area contributed by atoms with Crippen molar-refractivity contribution in [3.63, 3.8) is 0 Å². The molecule has 0 amide bonds. The summed E-state index contributed by atoms with van der Waals surface area (Å²) in [4.78, 5) is 49.7. The second kappa shape index (κ2) is 33.9. The Labute approximate surface area is 627 Å². The third kappa shape index (κ3) is 17.8. The summed E-state index contributed by atoms with van der Waals surface area (Å²) in [5, 5.41) is 2.54. The molecular formula is C75H75I6N3O9. The number of ether oxygens (including phenoxy) is 3. The number of likely N-dealkylation sites (N-methyl/N-ethyl adjacent to an activating group) is 3.